The number of hydrogen-bond donors (Lipinski definition) is 0. The van der Waals surface area contributed by atoms with Gasteiger partial charge in [-0.15, -0.1) is 0 Å². The lowest BCUT2D eigenvalue weighted by molar-refractivity contribution is -0.141. The molecule has 0 radical (unpaired) electrons. The number of sulfonamides is 1. The Morgan fingerprint density at radius 1 is 1.12 bits per heavy atom. The smallest absolute Gasteiger partial charge is 0.243 e. The van der Waals surface area contributed by atoms with Crippen molar-refractivity contribution in [3.63, 3.8) is 0 Å². The summed E-state index contributed by atoms with van der Waals surface area (Å²) < 4.78 is 53.4. The van der Waals surface area contributed by atoms with E-state index in [0.717, 1.165) is 31.4 Å². The highest BCUT2D eigenvalue weighted by molar-refractivity contribution is 7.89. The Balaban J connectivity index is 1.91. The molecule has 1 unspecified atom stereocenters. The van der Waals surface area contributed by atoms with Gasteiger partial charge in [0.15, 0.2) is 11.6 Å². The molecule has 0 N–H and O–H groups in total. The zero-order chi connectivity index (χ0) is 17.5. The van der Waals surface area contributed by atoms with Crippen molar-refractivity contribution < 1.29 is 22.0 Å². The molecule has 1 aromatic carbocycles. The lowest BCUT2D eigenvalue weighted by Gasteiger charge is -2.50. The zero-order valence-electron chi connectivity index (χ0n) is 13.5. The minimum Gasteiger partial charge on any atom is -0.339 e. The molecular weight excluding hydrogens is 338 g/mol. The van der Waals surface area contributed by atoms with Crippen molar-refractivity contribution in [2.45, 2.75) is 42.5 Å². The summed E-state index contributed by atoms with van der Waals surface area (Å²) in [5, 5.41) is 0. The number of benzene rings is 1. The molecule has 1 atom stereocenters. The van der Waals surface area contributed by atoms with E-state index in [-0.39, 0.29) is 17.3 Å². The van der Waals surface area contributed by atoms with Crippen LogP contribution in [0, 0.1) is 11.6 Å². The fraction of sp³-hybridized carbons (Fsp3) is 0.562. The highest BCUT2D eigenvalue weighted by Crippen LogP contribution is 2.37. The maximum absolute atomic E-state index is 13.4. The van der Waals surface area contributed by atoms with E-state index in [1.807, 2.05) is 0 Å². The first-order valence-corrected chi connectivity index (χ1v) is 9.42. The average Bonchev–Trinajstić information content (AvgIpc) is 2.55. The van der Waals surface area contributed by atoms with Gasteiger partial charge in [-0.1, -0.05) is 0 Å². The van der Waals surface area contributed by atoms with Crippen molar-refractivity contribution >= 4 is 15.9 Å². The van der Waals surface area contributed by atoms with E-state index in [9.17, 15) is 22.0 Å². The topological polar surface area (TPSA) is 57.7 Å². The first-order valence-electron chi connectivity index (χ1n) is 7.98. The maximum Gasteiger partial charge on any atom is 0.243 e. The van der Waals surface area contributed by atoms with Crippen LogP contribution < -0.4 is 0 Å². The molecule has 0 aliphatic carbocycles. The number of amides is 1. The van der Waals surface area contributed by atoms with Gasteiger partial charge in [0, 0.05) is 26.6 Å². The van der Waals surface area contributed by atoms with E-state index < -0.39 is 27.2 Å². The zero-order valence-corrected chi connectivity index (χ0v) is 14.3. The lowest BCUT2D eigenvalue weighted by Crippen LogP contribution is -2.61. The molecule has 1 amide bonds. The SMILES string of the molecule is CN1C(=O)CCCC12CCCN(S(=O)(=O)c1ccc(F)c(F)c1)C2. The van der Waals surface area contributed by atoms with Crippen LogP contribution in [0.1, 0.15) is 32.1 Å². The molecule has 2 saturated heterocycles. The number of piperidine rings is 2. The van der Waals surface area contributed by atoms with Gasteiger partial charge in [0.1, 0.15) is 0 Å². The largest absolute Gasteiger partial charge is 0.339 e. The van der Waals surface area contributed by atoms with Crippen molar-refractivity contribution in [3.8, 4) is 0 Å². The summed E-state index contributed by atoms with van der Waals surface area (Å²) in [6, 6.07) is 2.60. The lowest BCUT2D eigenvalue weighted by atomic mass is 9.81. The molecule has 1 spiro atoms. The van der Waals surface area contributed by atoms with Crippen LogP contribution in [0.4, 0.5) is 8.78 Å². The summed E-state index contributed by atoms with van der Waals surface area (Å²) in [4.78, 5) is 13.5. The Morgan fingerprint density at radius 2 is 1.83 bits per heavy atom. The van der Waals surface area contributed by atoms with Gasteiger partial charge in [0.05, 0.1) is 10.4 Å². The normalized spacial score (nSPS) is 26.1. The van der Waals surface area contributed by atoms with Gasteiger partial charge in [-0.2, -0.15) is 4.31 Å². The van der Waals surface area contributed by atoms with Crippen LogP contribution in [-0.2, 0) is 14.8 Å². The van der Waals surface area contributed by atoms with Crippen molar-refractivity contribution in [2.24, 2.45) is 0 Å². The maximum atomic E-state index is 13.4. The van der Waals surface area contributed by atoms with Gasteiger partial charge in [-0.05, 0) is 43.9 Å². The minimum absolute atomic E-state index is 0.0216. The first-order chi connectivity index (χ1) is 11.3. The third-order valence-corrected chi connectivity index (χ3v) is 7.01. The highest BCUT2D eigenvalue weighted by atomic mass is 32.2. The number of likely N-dealkylation sites (N-methyl/N-ethyl adjacent to an activating group) is 1. The molecule has 0 aromatic heterocycles. The molecule has 2 aliphatic heterocycles. The number of nitrogens with zero attached hydrogens (tertiary/aromatic N) is 2. The Morgan fingerprint density at radius 3 is 2.54 bits per heavy atom. The molecule has 0 bridgehead atoms. The molecular formula is C16H20F2N2O3S. The van der Waals surface area contributed by atoms with Crippen LogP contribution in [0.15, 0.2) is 23.1 Å². The summed E-state index contributed by atoms with van der Waals surface area (Å²) in [5.41, 5.74) is -0.501. The van der Waals surface area contributed by atoms with Crippen molar-refractivity contribution in [3.05, 3.63) is 29.8 Å². The summed E-state index contributed by atoms with van der Waals surface area (Å²) in [6.07, 6.45) is 3.34. The number of hydrogen-bond acceptors (Lipinski definition) is 3. The summed E-state index contributed by atoms with van der Waals surface area (Å²) in [7, 11) is -2.21. The minimum atomic E-state index is -3.93. The van der Waals surface area contributed by atoms with Gasteiger partial charge < -0.3 is 4.90 Å². The molecule has 24 heavy (non-hydrogen) atoms. The van der Waals surface area contributed by atoms with Crippen LogP contribution in [0.25, 0.3) is 0 Å². The van der Waals surface area contributed by atoms with Crippen LogP contribution in [0.2, 0.25) is 0 Å². The molecule has 2 heterocycles. The first kappa shape index (κ1) is 17.3. The molecule has 8 heteroatoms. The Kier molecular flexibility index (Phi) is 4.37. The number of carbonyl (C=O) groups is 1. The predicted octanol–water partition coefficient (Wildman–Crippen LogP) is 2.13. The summed E-state index contributed by atoms with van der Waals surface area (Å²) in [6.45, 7) is 0.502. The highest BCUT2D eigenvalue weighted by Gasteiger charge is 2.46. The second-order valence-electron chi connectivity index (χ2n) is 6.55. The number of rotatable bonds is 2. The van der Waals surface area contributed by atoms with E-state index >= 15 is 0 Å². The quantitative estimate of drug-likeness (QED) is 0.814. The van der Waals surface area contributed by atoms with Gasteiger partial charge >= 0.3 is 0 Å². The number of carbonyl (C=O) groups excluding carboxylic acids is 1. The molecule has 5 nitrogen and oxygen atoms in total. The van der Waals surface area contributed by atoms with E-state index in [1.165, 1.54) is 4.31 Å². The van der Waals surface area contributed by atoms with Gasteiger partial charge in [-0.3, -0.25) is 4.79 Å². The monoisotopic (exact) mass is 358 g/mol. The molecule has 2 fully saturated rings. The van der Waals surface area contributed by atoms with Gasteiger partial charge in [-0.25, -0.2) is 17.2 Å². The molecule has 3 rings (SSSR count). The van der Waals surface area contributed by atoms with Gasteiger partial charge in [0.2, 0.25) is 15.9 Å². The fourth-order valence-corrected chi connectivity index (χ4v) is 5.28. The van der Waals surface area contributed by atoms with Crippen molar-refractivity contribution in [1.82, 2.24) is 9.21 Å². The fourth-order valence-electron chi connectivity index (χ4n) is 3.71. The Bertz CT molecular complexity index is 765. The van der Waals surface area contributed by atoms with Crippen LogP contribution in [0.5, 0.6) is 0 Å². The molecule has 132 valence electrons. The van der Waals surface area contributed by atoms with E-state index in [1.54, 1.807) is 11.9 Å². The number of likely N-dealkylation sites (tertiary alicyclic amines) is 1. The third kappa shape index (κ3) is 2.82. The van der Waals surface area contributed by atoms with E-state index in [2.05, 4.69) is 0 Å². The molecule has 1 aromatic rings. The van der Waals surface area contributed by atoms with E-state index in [4.69, 9.17) is 0 Å². The average molecular weight is 358 g/mol. The summed E-state index contributed by atoms with van der Waals surface area (Å²) >= 11 is 0. The van der Waals surface area contributed by atoms with Crippen LogP contribution in [-0.4, -0.2) is 49.2 Å². The van der Waals surface area contributed by atoms with Crippen molar-refractivity contribution in [2.75, 3.05) is 20.1 Å². The second kappa shape index (κ2) is 6.07. The van der Waals surface area contributed by atoms with Gasteiger partial charge in [0.25, 0.3) is 0 Å². The standard InChI is InChI=1S/C16H20F2N2O3S/c1-19-15(21)4-2-7-16(19)8-3-9-20(11-16)24(22,23)12-5-6-13(17)14(18)10-12/h5-6,10H,2-4,7-9,11H2,1H3. The third-order valence-electron chi connectivity index (χ3n) is 5.17. The molecule has 0 saturated carbocycles. The van der Waals surface area contributed by atoms with Crippen LogP contribution in [0.3, 0.4) is 0 Å². The molecule has 2 aliphatic rings. The van der Waals surface area contributed by atoms with Crippen LogP contribution >= 0.6 is 0 Å². The second-order valence-corrected chi connectivity index (χ2v) is 8.49. The van der Waals surface area contributed by atoms with E-state index in [0.29, 0.717) is 25.5 Å². The number of halogens is 2. The Hall–Kier alpha value is -1.54. The van der Waals surface area contributed by atoms with Crippen molar-refractivity contribution in [1.29, 1.82) is 0 Å². The summed E-state index contributed by atoms with van der Waals surface area (Å²) in [5.74, 6) is -2.25. The predicted molar refractivity (Wildman–Crippen MR) is 83.7 cm³/mol. The Labute approximate surface area is 140 Å².